The molecule has 1 aliphatic carbocycles. The van der Waals surface area contributed by atoms with E-state index in [2.05, 4.69) is 10.2 Å². The highest BCUT2D eigenvalue weighted by Crippen LogP contribution is 2.36. The molecular formula is C15H21ClFN3O. The third-order valence-electron chi connectivity index (χ3n) is 4.48. The zero-order chi connectivity index (χ0) is 14.1. The zero-order valence-corrected chi connectivity index (χ0v) is 12.6. The van der Waals surface area contributed by atoms with Crippen molar-refractivity contribution in [3.8, 4) is 0 Å². The van der Waals surface area contributed by atoms with Crippen LogP contribution in [0.25, 0.3) is 0 Å². The molecule has 0 spiro atoms. The van der Waals surface area contributed by atoms with Gasteiger partial charge in [-0.15, -0.1) is 12.4 Å². The number of likely N-dealkylation sites (tertiary alicyclic amines) is 1. The molecule has 116 valence electrons. The van der Waals surface area contributed by atoms with Crippen molar-refractivity contribution in [2.45, 2.75) is 18.9 Å². The minimum absolute atomic E-state index is 0. The molecule has 1 saturated heterocycles. The van der Waals surface area contributed by atoms with E-state index in [0.717, 1.165) is 19.5 Å². The highest BCUT2D eigenvalue weighted by molar-refractivity contribution is 5.92. The number of nitrogens with one attached hydrogen (secondary N) is 1. The molecule has 1 aliphatic heterocycles. The van der Waals surface area contributed by atoms with Gasteiger partial charge in [-0.05, 0) is 48.9 Å². The third-order valence-corrected chi connectivity index (χ3v) is 4.48. The van der Waals surface area contributed by atoms with Gasteiger partial charge >= 0.3 is 0 Å². The van der Waals surface area contributed by atoms with Crippen LogP contribution in [0.4, 0.5) is 10.1 Å². The Kier molecular flexibility index (Phi) is 5.19. The van der Waals surface area contributed by atoms with E-state index in [4.69, 9.17) is 5.73 Å². The summed E-state index contributed by atoms with van der Waals surface area (Å²) >= 11 is 0. The van der Waals surface area contributed by atoms with E-state index in [9.17, 15) is 9.18 Å². The quantitative estimate of drug-likeness (QED) is 0.895. The Hall–Kier alpha value is -1.17. The predicted octanol–water partition coefficient (Wildman–Crippen LogP) is 1.86. The predicted molar refractivity (Wildman–Crippen MR) is 82.9 cm³/mol. The Labute approximate surface area is 130 Å². The number of anilines is 1. The summed E-state index contributed by atoms with van der Waals surface area (Å²) in [6.07, 6.45) is 2.30. The van der Waals surface area contributed by atoms with Crippen molar-refractivity contribution in [1.29, 1.82) is 0 Å². The fourth-order valence-electron chi connectivity index (χ4n) is 3.47. The minimum Gasteiger partial charge on any atom is -0.327 e. The van der Waals surface area contributed by atoms with Gasteiger partial charge in [-0.2, -0.15) is 0 Å². The fourth-order valence-corrected chi connectivity index (χ4v) is 3.47. The van der Waals surface area contributed by atoms with Gasteiger partial charge in [0.05, 0.1) is 6.54 Å². The molecule has 2 fully saturated rings. The lowest BCUT2D eigenvalue weighted by atomic mass is 9.98. The van der Waals surface area contributed by atoms with Gasteiger partial charge in [-0.25, -0.2) is 4.39 Å². The minimum atomic E-state index is -0.302. The van der Waals surface area contributed by atoms with Crippen LogP contribution in [0.15, 0.2) is 24.3 Å². The number of carbonyl (C=O) groups is 1. The monoisotopic (exact) mass is 313 g/mol. The summed E-state index contributed by atoms with van der Waals surface area (Å²) in [7, 11) is 0. The van der Waals surface area contributed by atoms with Gasteiger partial charge in [0.1, 0.15) is 5.82 Å². The molecule has 1 aromatic carbocycles. The molecule has 1 saturated carbocycles. The molecule has 1 amide bonds. The van der Waals surface area contributed by atoms with Gasteiger partial charge < -0.3 is 11.1 Å². The topological polar surface area (TPSA) is 58.4 Å². The third kappa shape index (κ3) is 3.73. The maximum absolute atomic E-state index is 12.8. The smallest absolute Gasteiger partial charge is 0.238 e. The maximum Gasteiger partial charge on any atom is 0.238 e. The standard InChI is InChI=1S/C15H20FN3O.ClH/c16-11-2-4-12(5-3-11)18-15(20)9-19-7-10-1-6-14(17)13(10)8-19;/h2-5,10,13-14H,1,6-9,17H2,(H,18,20);1H. The van der Waals surface area contributed by atoms with E-state index in [1.165, 1.54) is 18.6 Å². The lowest BCUT2D eigenvalue weighted by molar-refractivity contribution is -0.117. The molecule has 2 aliphatic rings. The highest BCUT2D eigenvalue weighted by atomic mass is 35.5. The first kappa shape index (κ1) is 16.2. The number of carbonyl (C=O) groups excluding carboxylic acids is 1. The second-order valence-corrected chi connectivity index (χ2v) is 5.91. The number of halogens is 2. The van der Waals surface area contributed by atoms with Crippen LogP contribution in [0.2, 0.25) is 0 Å². The van der Waals surface area contributed by atoms with Crippen LogP contribution in [0.1, 0.15) is 12.8 Å². The second kappa shape index (κ2) is 6.73. The van der Waals surface area contributed by atoms with Crippen molar-refractivity contribution in [3.05, 3.63) is 30.1 Å². The average Bonchev–Trinajstić information content (AvgIpc) is 2.95. The number of hydrogen-bond acceptors (Lipinski definition) is 3. The van der Waals surface area contributed by atoms with Crippen LogP contribution >= 0.6 is 12.4 Å². The summed E-state index contributed by atoms with van der Waals surface area (Å²) in [6, 6.07) is 6.12. The van der Waals surface area contributed by atoms with Gasteiger partial charge in [0.2, 0.25) is 5.91 Å². The van der Waals surface area contributed by atoms with E-state index in [1.54, 1.807) is 12.1 Å². The van der Waals surface area contributed by atoms with Crippen LogP contribution in [0.3, 0.4) is 0 Å². The number of hydrogen-bond donors (Lipinski definition) is 2. The van der Waals surface area contributed by atoms with Crippen molar-refractivity contribution in [1.82, 2.24) is 4.90 Å². The van der Waals surface area contributed by atoms with E-state index in [-0.39, 0.29) is 24.1 Å². The SMILES string of the molecule is Cl.NC1CCC2CN(CC(=O)Nc3ccc(F)cc3)CC12. The van der Waals surface area contributed by atoms with Crippen LogP contribution < -0.4 is 11.1 Å². The molecule has 0 aromatic heterocycles. The summed E-state index contributed by atoms with van der Waals surface area (Å²) in [5.74, 6) is 0.853. The Morgan fingerprint density at radius 1 is 1.29 bits per heavy atom. The normalized spacial score (nSPS) is 28.0. The Bertz CT molecular complexity index is 496. The molecule has 3 atom stereocenters. The Morgan fingerprint density at radius 3 is 2.67 bits per heavy atom. The van der Waals surface area contributed by atoms with Gasteiger partial charge in [0, 0.05) is 24.8 Å². The molecule has 6 heteroatoms. The van der Waals surface area contributed by atoms with Gasteiger partial charge in [-0.3, -0.25) is 9.69 Å². The van der Waals surface area contributed by atoms with Crippen molar-refractivity contribution in [2.75, 3.05) is 25.0 Å². The summed E-state index contributed by atoms with van der Waals surface area (Å²) in [5, 5.41) is 2.79. The van der Waals surface area contributed by atoms with Crippen molar-refractivity contribution in [2.24, 2.45) is 17.6 Å². The molecule has 1 heterocycles. The van der Waals surface area contributed by atoms with Crippen LogP contribution in [-0.2, 0) is 4.79 Å². The second-order valence-electron chi connectivity index (χ2n) is 5.91. The van der Waals surface area contributed by atoms with Crippen molar-refractivity contribution < 1.29 is 9.18 Å². The number of amides is 1. The molecule has 3 unspecified atom stereocenters. The lowest BCUT2D eigenvalue weighted by Gasteiger charge is -2.17. The molecular weight excluding hydrogens is 293 g/mol. The van der Waals surface area contributed by atoms with Crippen LogP contribution in [-0.4, -0.2) is 36.5 Å². The average molecular weight is 314 g/mol. The van der Waals surface area contributed by atoms with Crippen LogP contribution in [0, 0.1) is 17.7 Å². The first-order valence-corrected chi connectivity index (χ1v) is 7.15. The van der Waals surface area contributed by atoms with Gasteiger partial charge in [0.15, 0.2) is 0 Å². The summed E-state index contributed by atoms with van der Waals surface area (Å²) < 4.78 is 12.8. The lowest BCUT2D eigenvalue weighted by Crippen LogP contribution is -2.34. The van der Waals surface area contributed by atoms with Gasteiger partial charge in [-0.1, -0.05) is 0 Å². The van der Waals surface area contributed by atoms with Gasteiger partial charge in [0.25, 0.3) is 0 Å². The van der Waals surface area contributed by atoms with Crippen LogP contribution in [0.5, 0.6) is 0 Å². The number of fused-ring (bicyclic) bond motifs is 1. The molecule has 4 nitrogen and oxygen atoms in total. The van der Waals surface area contributed by atoms with E-state index >= 15 is 0 Å². The maximum atomic E-state index is 12.8. The Morgan fingerprint density at radius 2 is 2.00 bits per heavy atom. The largest absolute Gasteiger partial charge is 0.327 e. The zero-order valence-electron chi connectivity index (χ0n) is 11.8. The number of nitrogens with two attached hydrogens (primary N) is 1. The summed E-state index contributed by atoms with van der Waals surface area (Å²) in [6.45, 7) is 2.27. The first-order chi connectivity index (χ1) is 9.61. The first-order valence-electron chi connectivity index (χ1n) is 7.15. The molecule has 0 radical (unpaired) electrons. The summed E-state index contributed by atoms with van der Waals surface area (Å²) in [5.41, 5.74) is 6.72. The molecule has 21 heavy (non-hydrogen) atoms. The number of rotatable bonds is 3. The molecule has 1 aromatic rings. The molecule has 0 bridgehead atoms. The highest BCUT2D eigenvalue weighted by Gasteiger charge is 2.41. The number of nitrogens with zero attached hydrogens (tertiary/aromatic N) is 1. The van der Waals surface area contributed by atoms with E-state index in [0.29, 0.717) is 30.1 Å². The Balaban J connectivity index is 0.00000161. The fraction of sp³-hybridized carbons (Fsp3) is 0.533. The van der Waals surface area contributed by atoms with E-state index in [1.807, 2.05) is 0 Å². The summed E-state index contributed by atoms with van der Waals surface area (Å²) in [4.78, 5) is 14.2. The number of benzene rings is 1. The van der Waals surface area contributed by atoms with E-state index < -0.39 is 0 Å². The molecule has 3 rings (SSSR count). The van der Waals surface area contributed by atoms with Crippen molar-refractivity contribution in [3.63, 3.8) is 0 Å². The molecule has 3 N–H and O–H groups in total. The van der Waals surface area contributed by atoms with Crippen molar-refractivity contribution >= 4 is 24.0 Å².